The summed E-state index contributed by atoms with van der Waals surface area (Å²) in [6.07, 6.45) is 0.177. The van der Waals surface area contributed by atoms with Gasteiger partial charge in [-0.3, -0.25) is 9.69 Å². The zero-order valence-corrected chi connectivity index (χ0v) is 14.5. The lowest BCUT2D eigenvalue weighted by Gasteiger charge is -2.31. The summed E-state index contributed by atoms with van der Waals surface area (Å²) in [5.74, 6) is -0.637. The molecule has 8 nitrogen and oxygen atoms in total. The number of piperidine rings is 1. The van der Waals surface area contributed by atoms with E-state index in [1.165, 1.54) is 17.9 Å². The molecular formula is C17H21FN4O4. The Morgan fingerprint density at radius 3 is 2.73 bits per heavy atom. The fourth-order valence-corrected chi connectivity index (χ4v) is 3.23. The fourth-order valence-electron chi connectivity index (χ4n) is 3.23. The van der Waals surface area contributed by atoms with E-state index in [0.717, 1.165) is 0 Å². The highest BCUT2D eigenvalue weighted by Crippen LogP contribution is 2.29. The van der Waals surface area contributed by atoms with Crippen molar-refractivity contribution < 1.29 is 18.7 Å². The van der Waals surface area contributed by atoms with E-state index in [1.807, 2.05) is 4.90 Å². The molecule has 3 rings (SSSR count). The van der Waals surface area contributed by atoms with Gasteiger partial charge in [0, 0.05) is 20.0 Å². The fraction of sp³-hybridized carbons (Fsp3) is 0.529. The maximum Gasteiger partial charge on any atom is 0.414 e. The van der Waals surface area contributed by atoms with Gasteiger partial charge in [-0.2, -0.15) is 4.91 Å². The van der Waals surface area contributed by atoms with Crippen LogP contribution in [-0.4, -0.2) is 50.3 Å². The van der Waals surface area contributed by atoms with Crippen LogP contribution in [0.3, 0.4) is 0 Å². The predicted molar refractivity (Wildman–Crippen MR) is 93.7 cm³/mol. The van der Waals surface area contributed by atoms with Crippen LogP contribution in [0.1, 0.15) is 19.8 Å². The minimum atomic E-state index is -0.564. The lowest BCUT2D eigenvalue weighted by molar-refractivity contribution is -0.119. The molecule has 1 aromatic rings. The van der Waals surface area contributed by atoms with Crippen LogP contribution in [-0.2, 0) is 9.53 Å². The molecule has 9 heteroatoms. The first-order valence-electron chi connectivity index (χ1n) is 8.57. The lowest BCUT2D eigenvalue weighted by atomic mass is 10.1. The third-order valence-electron chi connectivity index (χ3n) is 4.65. The largest absolute Gasteiger partial charge is 0.442 e. The second-order valence-corrected chi connectivity index (χ2v) is 6.51. The molecule has 2 aliphatic rings. The van der Waals surface area contributed by atoms with Crippen LogP contribution >= 0.6 is 0 Å². The van der Waals surface area contributed by atoms with E-state index in [2.05, 4.69) is 10.5 Å². The highest BCUT2D eigenvalue weighted by molar-refractivity contribution is 5.90. The number of cyclic esters (lactones) is 1. The standard InChI is InChI=1S/C17H21FN4O4/c1-11(23)19-9-14-10-22(17(24)26-14)13-2-3-16(15(18)8-13)21-6-4-12(20-25)5-7-21/h2-3,8,12,14H,4-7,9-10H2,1H3,(H,19,23)/t14-/m0/s1. The van der Waals surface area contributed by atoms with Gasteiger partial charge in [-0.1, -0.05) is 5.18 Å². The molecule has 0 unspecified atom stereocenters. The molecule has 2 amide bonds. The molecule has 1 aromatic carbocycles. The summed E-state index contributed by atoms with van der Waals surface area (Å²) in [5.41, 5.74) is 0.853. The topological polar surface area (TPSA) is 91.3 Å². The van der Waals surface area contributed by atoms with E-state index in [4.69, 9.17) is 4.74 Å². The van der Waals surface area contributed by atoms with Gasteiger partial charge in [0.05, 0.1) is 30.5 Å². The molecular weight excluding hydrogens is 343 g/mol. The van der Waals surface area contributed by atoms with Crippen LogP contribution in [0.2, 0.25) is 0 Å². The van der Waals surface area contributed by atoms with Crippen LogP contribution in [0.25, 0.3) is 0 Å². The van der Waals surface area contributed by atoms with Crippen molar-refractivity contribution in [3.63, 3.8) is 0 Å². The Morgan fingerprint density at radius 1 is 1.38 bits per heavy atom. The highest BCUT2D eigenvalue weighted by Gasteiger charge is 2.33. The van der Waals surface area contributed by atoms with Crippen molar-refractivity contribution >= 4 is 23.4 Å². The van der Waals surface area contributed by atoms with Crippen LogP contribution in [0.4, 0.5) is 20.6 Å². The van der Waals surface area contributed by atoms with Crippen LogP contribution in [0, 0.1) is 10.7 Å². The molecule has 2 saturated heterocycles. The summed E-state index contributed by atoms with van der Waals surface area (Å²) in [6.45, 7) is 2.98. The van der Waals surface area contributed by atoms with Crippen molar-refractivity contribution in [1.29, 1.82) is 0 Å². The number of amides is 2. The molecule has 2 heterocycles. The number of anilines is 2. The van der Waals surface area contributed by atoms with Crippen molar-refractivity contribution in [2.45, 2.75) is 31.9 Å². The number of rotatable bonds is 5. The molecule has 0 bridgehead atoms. The van der Waals surface area contributed by atoms with Gasteiger partial charge in [0.2, 0.25) is 5.91 Å². The molecule has 0 spiro atoms. The Balaban J connectivity index is 1.67. The summed E-state index contributed by atoms with van der Waals surface area (Å²) in [6, 6.07) is 4.41. The number of ether oxygens (including phenoxy) is 1. The van der Waals surface area contributed by atoms with Crippen molar-refractivity contribution in [2.75, 3.05) is 36.0 Å². The second kappa shape index (κ2) is 7.67. The van der Waals surface area contributed by atoms with Crippen molar-refractivity contribution in [3.8, 4) is 0 Å². The molecule has 0 aliphatic carbocycles. The Hall–Kier alpha value is -2.71. The predicted octanol–water partition coefficient (Wildman–Crippen LogP) is 2.02. The number of benzene rings is 1. The molecule has 1 atom stereocenters. The molecule has 2 fully saturated rings. The van der Waals surface area contributed by atoms with Crippen LogP contribution < -0.4 is 15.1 Å². The monoisotopic (exact) mass is 364 g/mol. The molecule has 26 heavy (non-hydrogen) atoms. The number of hydrogen-bond donors (Lipinski definition) is 1. The van der Waals surface area contributed by atoms with Gasteiger partial charge in [-0.05, 0) is 31.0 Å². The Bertz CT molecular complexity index is 706. The van der Waals surface area contributed by atoms with Gasteiger partial charge >= 0.3 is 6.09 Å². The maximum absolute atomic E-state index is 14.6. The molecule has 0 radical (unpaired) electrons. The Kier molecular flexibility index (Phi) is 5.34. The number of nitrogens with zero attached hydrogens (tertiary/aromatic N) is 3. The minimum absolute atomic E-state index is 0.200. The number of nitrogens with one attached hydrogen (secondary N) is 1. The number of halogens is 1. The van der Waals surface area contributed by atoms with Crippen LogP contribution in [0.5, 0.6) is 0 Å². The maximum atomic E-state index is 14.6. The average molecular weight is 364 g/mol. The summed E-state index contributed by atoms with van der Waals surface area (Å²) >= 11 is 0. The van der Waals surface area contributed by atoms with Crippen LogP contribution in [0.15, 0.2) is 23.4 Å². The highest BCUT2D eigenvalue weighted by atomic mass is 19.1. The molecule has 0 saturated carbocycles. The van der Waals surface area contributed by atoms with E-state index < -0.39 is 18.0 Å². The van der Waals surface area contributed by atoms with Gasteiger partial charge in [0.15, 0.2) is 0 Å². The Labute approximate surface area is 150 Å². The van der Waals surface area contributed by atoms with E-state index in [1.54, 1.807) is 12.1 Å². The SMILES string of the molecule is CC(=O)NC[C@H]1CN(c2ccc(N3CCC(N=O)CC3)c(F)c2)C(=O)O1. The third-order valence-corrected chi connectivity index (χ3v) is 4.65. The van der Waals surface area contributed by atoms with Gasteiger partial charge < -0.3 is 15.0 Å². The lowest BCUT2D eigenvalue weighted by Crippen LogP contribution is -2.35. The summed E-state index contributed by atoms with van der Waals surface area (Å²) in [4.78, 5) is 36.8. The van der Waals surface area contributed by atoms with E-state index >= 15 is 0 Å². The van der Waals surface area contributed by atoms with Crippen molar-refractivity contribution in [1.82, 2.24) is 5.32 Å². The van der Waals surface area contributed by atoms with E-state index in [0.29, 0.717) is 37.3 Å². The summed E-state index contributed by atoms with van der Waals surface area (Å²) in [7, 11) is 0. The number of hydrogen-bond acceptors (Lipinski definition) is 6. The Morgan fingerprint density at radius 2 is 2.12 bits per heavy atom. The van der Waals surface area contributed by atoms with E-state index in [9.17, 15) is 18.9 Å². The van der Waals surface area contributed by atoms with Gasteiger partial charge in [-0.15, -0.1) is 0 Å². The zero-order valence-electron chi connectivity index (χ0n) is 14.5. The first kappa shape index (κ1) is 18.1. The van der Waals surface area contributed by atoms with E-state index in [-0.39, 0.29) is 25.0 Å². The number of carbonyl (C=O) groups excluding carboxylic acids is 2. The molecule has 0 aromatic heterocycles. The molecule has 1 N–H and O–H groups in total. The smallest absolute Gasteiger partial charge is 0.414 e. The normalized spacial score (nSPS) is 20.8. The van der Waals surface area contributed by atoms with Gasteiger partial charge in [0.25, 0.3) is 0 Å². The summed E-state index contributed by atoms with van der Waals surface area (Å²) < 4.78 is 19.8. The first-order chi connectivity index (χ1) is 12.5. The average Bonchev–Trinajstić information content (AvgIpc) is 3.01. The zero-order chi connectivity index (χ0) is 18.7. The number of nitroso groups, excluding NO2 is 1. The van der Waals surface area contributed by atoms with Crippen molar-refractivity contribution in [3.05, 3.63) is 28.9 Å². The minimum Gasteiger partial charge on any atom is -0.442 e. The van der Waals surface area contributed by atoms with Gasteiger partial charge in [0.1, 0.15) is 11.9 Å². The second-order valence-electron chi connectivity index (χ2n) is 6.51. The third kappa shape index (κ3) is 3.92. The molecule has 2 aliphatic heterocycles. The quantitative estimate of drug-likeness (QED) is 0.807. The summed E-state index contributed by atoms with van der Waals surface area (Å²) in [5, 5.41) is 5.65. The molecule has 140 valence electrons. The van der Waals surface area contributed by atoms with Gasteiger partial charge in [-0.25, -0.2) is 9.18 Å². The first-order valence-corrected chi connectivity index (χ1v) is 8.57. The van der Waals surface area contributed by atoms with Crippen molar-refractivity contribution in [2.24, 2.45) is 5.18 Å². The number of carbonyl (C=O) groups is 2.